The van der Waals surface area contributed by atoms with Crippen LogP contribution in [0.5, 0.6) is 0 Å². The molecule has 0 aromatic rings. The van der Waals surface area contributed by atoms with Gasteiger partial charge < -0.3 is 10.5 Å². The smallest absolute Gasteiger partial charge is 0.255 e. The fourth-order valence-corrected chi connectivity index (χ4v) is 1.89. The van der Waals surface area contributed by atoms with E-state index < -0.39 is 5.54 Å². The zero-order chi connectivity index (χ0) is 9.47. The van der Waals surface area contributed by atoms with Crippen LogP contribution in [-0.4, -0.2) is 30.6 Å². The standard InChI is InChI=1S/C8H13N3O2/c1-5-4-13-3-2-8(5)6(12)10-7(9)11-8/h5H,2-4H2,1H3,(H3,9,10,11,12). The Bertz CT molecular complexity index is 277. The average Bonchev–Trinajstić information content (AvgIpc) is 2.35. The van der Waals surface area contributed by atoms with E-state index in [2.05, 4.69) is 10.3 Å². The summed E-state index contributed by atoms with van der Waals surface area (Å²) < 4.78 is 5.26. The fourth-order valence-electron chi connectivity index (χ4n) is 1.89. The summed E-state index contributed by atoms with van der Waals surface area (Å²) in [6.07, 6.45) is 0.626. The van der Waals surface area contributed by atoms with Crippen molar-refractivity contribution in [3.05, 3.63) is 0 Å². The number of aliphatic imine (C=N–C) groups is 1. The van der Waals surface area contributed by atoms with E-state index in [-0.39, 0.29) is 17.8 Å². The molecule has 1 amide bonds. The Morgan fingerprint density at radius 1 is 1.77 bits per heavy atom. The zero-order valence-electron chi connectivity index (χ0n) is 7.54. The molecule has 2 atom stereocenters. The van der Waals surface area contributed by atoms with Gasteiger partial charge in [0.25, 0.3) is 5.91 Å². The van der Waals surface area contributed by atoms with Gasteiger partial charge in [0.2, 0.25) is 0 Å². The second kappa shape index (κ2) is 2.70. The van der Waals surface area contributed by atoms with Gasteiger partial charge in [-0.3, -0.25) is 10.1 Å². The lowest BCUT2D eigenvalue weighted by molar-refractivity contribution is -0.129. The molecular weight excluding hydrogens is 170 g/mol. The van der Waals surface area contributed by atoms with E-state index in [0.717, 1.165) is 0 Å². The van der Waals surface area contributed by atoms with Gasteiger partial charge in [0.15, 0.2) is 5.96 Å². The summed E-state index contributed by atoms with van der Waals surface area (Å²) in [5.74, 6) is 0.252. The number of carbonyl (C=O) groups is 1. The van der Waals surface area contributed by atoms with E-state index in [1.165, 1.54) is 0 Å². The lowest BCUT2D eigenvalue weighted by Gasteiger charge is -2.33. The summed E-state index contributed by atoms with van der Waals surface area (Å²) in [6, 6.07) is 0. The molecular formula is C8H13N3O2. The van der Waals surface area contributed by atoms with Crippen molar-refractivity contribution in [2.24, 2.45) is 16.6 Å². The Hall–Kier alpha value is -1.10. The molecule has 0 aliphatic carbocycles. The van der Waals surface area contributed by atoms with Gasteiger partial charge in [-0.25, -0.2) is 4.99 Å². The van der Waals surface area contributed by atoms with Crippen LogP contribution in [0.25, 0.3) is 0 Å². The molecule has 13 heavy (non-hydrogen) atoms. The Balaban J connectivity index is 2.31. The van der Waals surface area contributed by atoms with Crippen molar-refractivity contribution in [3.63, 3.8) is 0 Å². The predicted octanol–water partition coefficient (Wildman–Crippen LogP) is -0.774. The van der Waals surface area contributed by atoms with Gasteiger partial charge >= 0.3 is 0 Å². The third-order valence-electron chi connectivity index (χ3n) is 2.77. The highest BCUT2D eigenvalue weighted by Crippen LogP contribution is 2.32. The van der Waals surface area contributed by atoms with E-state index in [4.69, 9.17) is 10.5 Å². The number of nitrogens with one attached hydrogen (secondary N) is 1. The number of nitrogens with two attached hydrogens (primary N) is 1. The minimum Gasteiger partial charge on any atom is -0.381 e. The molecule has 3 N–H and O–H groups in total. The maximum Gasteiger partial charge on any atom is 0.255 e. The lowest BCUT2D eigenvalue weighted by atomic mass is 9.81. The van der Waals surface area contributed by atoms with E-state index in [0.29, 0.717) is 19.6 Å². The van der Waals surface area contributed by atoms with E-state index in [9.17, 15) is 4.79 Å². The molecule has 1 fully saturated rings. The summed E-state index contributed by atoms with van der Waals surface area (Å²) in [5, 5.41) is 2.54. The summed E-state index contributed by atoms with van der Waals surface area (Å²) in [5.41, 5.74) is 4.82. The van der Waals surface area contributed by atoms with E-state index in [1.807, 2.05) is 6.92 Å². The van der Waals surface area contributed by atoms with Crippen LogP contribution in [0.3, 0.4) is 0 Å². The van der Waals surface area contributed by atoms with Crippen molar-refractivity contribution in [1.29, 1.82) is 0 Å². The summed E-state index contributed by atoms with van der Waals surface area (Å²) in [6.45, 7) is 3.11. The minimum absolute atomic E-state index is 0.0826. The molecule has 2 aliphatic rings. The molecule has 1 spiro atoms. The molecule has 0 saturated carbocycles. The molecule has 2 rings (SSSR count). The van der Waals surface area contributed by atoms with Crippen molar-refractivity contribution in [3.8, 4) is 0 Å². The number of amides is 1. The van der Waals surface area contributed by atoms with Gasteiger partial charge in [-0.05, 0) is 0 Å². The van der Waals surface area contributed by atoms with Gasteiger partial charge in [0, 0.05) is 18.9 Å². The molecule has 2 unspecified atom stereocenters. The number of rotatable bonds is 0. The number of nitrogens with zero attached hydrogens (tertiary/aromatic N) is 1. The highest BCUT2D eigenvalue weighted by Gasteiger charge is 2.49. The zero-order valence-corrected chi connectivity index (χ0v) is 7.54. The Morgan fingerprint density at radius 2 is 2.54 bits per heavy atom. The van der Waals surface area contributed by atoms with Gasteiger partial charge in [0.1, 0.15) is 5.54 Å². The fraction of sp³-hybridized carbons (Fsp3) is 0.750. The van der Waals surface area contributed by atoms with Crippen LogP contribution in [-0.2, 0) is 9.53 Å². The van der Waals surface area contributed by atoms with Crippen LogP contribution in [0.1, 0.15) is 13.3 Å². The van der Waals surface area contributed by atoms with Crippen molar-refractivity contribution in [2.45, 2.75) is 18.9 Å². The topological polar surface area (TPSA) is 76.7 Å². The van der Waals surface area contributed by atoms with Crippen LogP contribution in [0.4, 0.5) is 0 Å². The molecule has 5 nitrogen and oxygen atoms in total. The van der Waals surface area contributed by atoms with Crippen LogP contribution in [0, 0.1) is 5.92 Å². The first-order valence-electron chi connectivity index (χ1n) is 4.40. The third-order valence-corrected chi connectivity index (χ3v) is 2.77. The highest BCUT2D eigenvalue weighted by molar-refractivity contribution is 6.06. The monoisotopic (exact) mass is 183 g/mol. The van der Waals surface area contributed by atoms with Crippen molar-refractivity contribution in [2.75, 3.05) is 13.2 Å². The lowest BCUT2D eigenvalue weighted by Crippen LogP contribution is -2.50. The summed E-state index contributed by atoms with van der Waals surface area (Å²) >= 11 is 0. The normalized spacial score (nSPS) is 39.0. The molecule has 2 aliphatic heterocycles. The van der Waals surface area contributed by atoms with Crippen molar-refractivity contribution in [1.82, 2.24) is 5.32 Å². The Kier molecular flexibility index (Phi) is 1.76. The summed E-state index contributed by atoms with van der Waals surface area (Å²) in [7, 11) is 0. The highest BCUT2D eigenvalue weighted by atomic mass is 16.5. The largest absolute Gasteiger partial charge is 0.381 e. The number of hydrogen-bond acceptors (Lipinski definition) is 4. The molecule has 0 aromatic heterocycles. The number of carbonyl (C=O) groups excluding carboxylic acids is 1. The predicted molar refractivity (Wildman–Crippen MR) is 47.1 cm³/mol. The Morgan fingerprint density at radius 3 is 3.08 bits per heavy atom. The Labute approximate surface area is 76.3 Å². The first-order valence-corrected chi connectivity index (χ1v) is 4.40. The second-order valence-corrected chi connectivity index (χ2v) is 3.60. The van der Waals surface area contributed by atoms with Gasteiger partial charge in [-0.15, -0.1) is 0 Å². The minimum atomic E-state index is -0.650. The van der Waals surface area contributed by atoms with E-state index >= 15 is 0 Å². The molecule has 2 heterocycles. The first kappa shape index (κ1) is 8.50. The number of guanidine groups is 1. The van der Waals surface area contributed by atoms with Crippen LogP contribution in [0.2, 0.25) is 0 Å². The van der Waals surface area contributed by atoms with Crippen molar-refractivity contribution < 1.29 is 9.53 Å². The maximum absolute atomic E-state index is 11.6. The van der Waals surface area contributed by atoms with Crippen molar-refractivity contribution >= 4 is 11.9 Å². The molecule has 0 radical (unpaired) electrons. The van der Waals surface area contributed by atoms with Crippen LogP contribution in [0.15, 0.2) is 4.99 Å². The third kappa shape index (κ3) is 1.11. The molecule has 0 bridgehead atoms. The maximum atomic E-state index is 11.6. The van der Waals surface area contributed by atoms with Gasteiger partial charge in [-0.2, -0.15) is 0 Å². The molecule has 72 valence electrons. The summed E-state index contributed by atoms with van der Waals surface area (Å²) in [4.78, 5) is 15.8. The average molecular weight is 183 g/mol. The number of ether oxygens (including phenoxy) is 1. The van der Waals surface area contributed by atoms with E-state index in [1.54, 1.807) is 0 Å². The molecule has 0 aromatic carbocycles. The molecule has 5 heteroatoms. The molecule has 1 saturated heterocycles. The van der Waals surface area contributed by atoms with Crippen LogP contribution < -0.4 is 11.1 Å². The second-order valence-electron chi connectivity index (χ2n) is 3.60. The first-order chi connectivity index (χ1) is 6.15. The number of hydrogen-bond donors (Lipinski definition) is 2. The van der Waals surface area contributed by atoms with Crippen LogP contribution >= 0.6 is 0 Å². The quantitative estimate of drug-likeness (QED) is 0.517. The van der Waals surface area contributed by atoms with Gasteiger partial charge in [-0.1, -0.05) is 6.92 Å². The SMILES string of the molecule is CC1COCCC12N=C(N)NC2=O. The van der Waals surface area contributed by atoms with Gasteiger partial charge in [0.05, 0.1) is 6.61 Å².